The Morgan fingerprint density at radius 3 is 2.09 bits per heavy atom. The number of carbonyl (C=O) groups is 2. The lowest BCUT2D eigenvalue weighted by atomic mass is 9.82. The Morgan fingerprint density at radius 1 is 1.00 bits per heavy atom. The van der Waals surface area contributed by atoms with Crippen LogP contribution in [0.2, 0.25) is 0 Å². The lowest BCUT2D eigenvalue weighted by Gasteiger charge is -2.38. The SMILES string of the molecule is COc1cccc(CC2(C)C(=O)OC(C)(C)OC2=O)c1OC. The molecule has 0 aliphatic carbocycles. The molecular weight excluding hydrogens is 288 g/mol. The van der Waals surface area contributed by atoms with E-state index in [9.17, 15) is 9.59 Å². The standard InChI is InChI=1S/C16H20O6/c1-15(2)21-13(17)16(3,14(18)22-15)9-10-7-6-8-11(19-4)12(10)20-5/h6-8H,9H2,1-5H3. The number of hydrogen-bond donors (Lipinski definition) is 0. The van der Waals surface area contributed by atoms with Crippen LogP contribution in [0.25, 0.3) is 0 Å². The molecule has 6 nitrogen and oxygen atoms in total. The first-order chi connectivity index (χ1) is 10.2. The fourth-order valence-electron chi connectivity index (χ4n) is 2.39. The number of methoxy groups -OCH3 is 2. The number of para-hydroxylation sites is 1. The molecule has 0 spiro atoms. The van der Waals surface area contributed by atoms with Gasteiger partial charge in [0.15, 0.2) is 16.9 Å². The maximum Gasteiger partial charge on any atom is 0.326 e. The van der Waals surface area contributed by atoms with E-state index in [-0.39, 0.29) is 6.42 Å². The van der Waals surface area contributed by atoms with Gasteiger partial charge in [-0.3, -0.25) is 9.59 Å². The van der Waals surface area contributed by atoms with Gasteiger partial charge in [0.05, 0.1) is 14.2 Å². The third-order valence-electron chi connectivity index (χ3n) is 3.61. The topological polar surface area (TPSA) is 71.1 Å². The van der Waals surface area contributed by atoms with Crippen LogP contribution in [-0.2, 0) is 25.5 Å². The normalized spacial score (nSPS) is 19.1. The van der Waals surface area contributed by atoms with Gasteiger partial charge in [-0.05, 0) is 18.6 Å². The lowest BCUT2D eigenvalue weighted by Crippen LogP contribution is -2.53. The van der Waals surface area contributed by atoms with Gasteiger partial charge in [0.25, 0.3) is 5.79 Å². The molecule has 1 aliphatic heterocycles. The first kappa shape index (κ1) is 16.1. The van der Waals surface area contributed by atoms with Crippen molar-refractivity contribution in [1.29, 1.82) is 0 Å². The van der Waals surface area contributed by atoms with Crippen LogP contribution in [0.4, 0.5) is 0 Å². The van der Waals surface area contributed by atoms with E-state index >= 15 is 0 Å². The van der Waals surface area contributed by atoms with Crippen LogP contribution in [0.5, 0.6) is 11.5 Å². The summed E-state index contributed by atoms with van der Waals surface area (Å²) in [7, 11) is 3.03. The van der Waals surface area contributed by atoms with Crippen LogP contribution < -0.4 is 9.47 Å². The highest BCUT2D eigenvalue weighted by molar-refractivity contribution is 6.01. The molecule has 0 unspecified atom stereocenters. The summed E-state index contributed by atoms with van der Waals surface area (Å²) >= 11 is 0. The average Bonchev–Trinajstić information content (AvgIpc) is 2.44. The van der Waals surface area contributed by atoms with E-state index in [1.54, 1.807) is 18.2 Å². The van der Waals surface area contributed by atoms with Crippen molar-refractivity contribution in [2.45, 2.75) is 33.0 Å². The van der Waals surface area contributed by atoms with Gasteiger partial charge in [0, 0.05) is 20.3 Å². The van der Waals surface area contributed by atoms with Crippen molar-refractivity contribution in [2.75, 3.05) is 14.2 Å². The zero-order chi connectivity index (χ0) is 16.5. The Kier molecular flexibility index (Phi) is 4.04. The first-order valence-corrected chi connectivity index (χ1v) is 6.90. The largest absolute Gasteiger partial charge is 0.493 e. The molecule has 0 saturated carbocycles. The molecule has 0 atom stereocenters. The molecule has 0 aromatic heterocycles. The van der Waals surface area contributed by atoms with Gasteiger partial charge < -0.3 is 18.9 Å². The van der Waals surface area contributed by atoms with Crippen molar-refractivity contribution in [1.82, 2.24) is 0 Å². The minimum absolute atomic E-state index is 0.0983. The fourth-order valence-corrected chi connectivity index (χ4v) is 2.39. The zero-order valence-corrected chi connectivity index (χ0v) is 13.4. The van der Waals surface area contributed by atoms with Crippen molar-refractivity contribution >= 4 is 11.9 Å². The number of esters is 2. The van der Waals surface area contributed by atoms with Gasteiger partial charge in [-0.25, -0.2) is 0 Å². The maximum atomic E-state index is 12.3. The second kappa shape index (κ2) is 5.51. The van der Waals surface area contributed by atoms with Crippen LogP contribution in [0.15, 0.2) is 18.2 Å². The summed E-state index contributed by atoms with van der Waals surface area (Å²) in [5, 5.41) is 0. The molecule has 0 amide bonds. The molecule has 120 valence electrons. The summed E-state index contributed by atoms with van der Waals surface area (Å²) in [6, 6.07) is 5.28. The number of ether oxygens (including phenoxy) is 4. The lowest BCUT2D eigenvalue weighted by molar-refractivity contribution is -0.249. The molecule has 0 N–H and O–H groups in total. The van der Waals surface area contributed by atoms with E-state index < -0.39 is 23.1 Å². The Bertz CT molecular complexity index is 585. The molecule has 6 heteroatoms. The Labute approximate surface area is 129 Å². The molecule has 1 aromatic carbocycles. The van der Waals surface area contributed by atoms with Crippen LogP contribution >= 0.6 is 0 Å². The highest BCUT2D eigenvalue weighted by atomic mass is 16.7. The van der Waals surface area contributed by atoms with Crippen molar-refractivity contribution in [3.63, 3.8) is 0 Å². The smallest absolute Gasteiger partial charge is 0.326 e. The van der Waals surface area contributed by atoms with E-state index in [1.165, 1.54) is 35.0 Å². The number of benzene rings is 1. The van der Waals surface area contributed by atoms with Crippen molar-refractivity contribution in [2.24, 2.45) is 5.41 Å². The van der Waals surface area contributed by atoms with E-state index in [0.717, 1.165) is 0 Å². The number of carbonyl (C=O) groups excluding carboxylic acids is 2. The molecule has 1 saturated heterocycles. The Morgan fingerprint density at radius 2 is 1.59 bits per heavy atom. The second-order valence-electron chi connectivity index (χ2n) is 5.84. The van der Waals surface area contributed by atoms with E-state index in [0.29, 0.717) is 17.1 Å². The number of cyclic esters (lactones) is 2. The molecule has 1 fully saturated rings. The molecule has 2 rings (SSSR count). The summed E-state index contributed by atoms with van der Waals surface area (Å²) < 4.78 is 21.0. The third-order valence-corrected chi connectivity index (χ3v) is 3.61. The van der Waals surface area contributed by atoms with Crippen LogP contribution in [-0.4, -0.2) is 31.9 Å². The molecule has 1 heterocycles. The minimum atomic E-state index is -1.42. The van der Waals surface area contributed by atoms with Crippen LogP contribution in [0.1, 0.15) is 26.3 Å². The van der Waals surface area contributed by atoms with Gasteiger partial charge in [0.2, 0.25) is 0 Å². The van der Waals surface area contributed by atoms with Gasteiger partial charge >= 0.3 is 11.9 Å². The van der Waals surface area contributed by atoms with Gasteiger partial charge in [-0.2, -0.15) is 0 Å². The maximum absolute atomic E-state index is 12.3. The van der Waals surface area contributed by atoms with E-state index in [1.807, 2.05) is 0 Å². The molecule has 0 radical (unpaired) electrons. The minimum Gasteiger partial charge on any atom is -0.493 e. The summed E-state index contributed by atoms with van der Waals surface area (Å²) in [5.74, 6) is -1.46. The Hall–Kier alpha value is -2.24. The number of hydrogen-bond acceptors (Lipinski definition) is 6. The third kappa shape index (κ3) is 2.73. The van der Waals surface area contributed by atoms with Gasteiger partial charge in [0.1, 0.15) is 0 Å². The highest BCUT2D eigenvalue weighted by Crippen LogP contribution is 2.39. The monoisotopic (exact) mass is 308 g/mol. The summed E-state index contributed by atoms with van der Waals surface area (Å²) in [6.07, 6.45) is 0.0983. The molecule has 22 heavy (non-hydrogen) atoms. The van der Waals surface area contributed by atoms with Crippen molar-refractivity contribution < 1.29 is 28.5 Å². The summed E-state index contributed by atoms with van der Waals surface area (Å²) in [6.45, 7) is 4.55. The second-order valence-corrected chi connectivity index (χ2v) is 5.84. The Balaban J connectivity index is 2.38. The van der Waals surface area contributed by atoms with Gasteiger partial charge in [-0.1, -0.05) is 12.1 Å². The van der Waals surface area contributed by atoms with Crippen molar-refractivity contribution in [3.05, 3.63) is 23.8 Å². The number of rotatable bonds is 4. The molecular formula is C16H20O6. The highest BCUT2D eigenvalue weighted by Gasteiger charge is 2.53. The zero-order valence-electron chi connectivity index (χ0n) is 13.4. The predicted octanol–water partition coefficient (Wildman–Crippen LogP) is 2.09. The van der Waals surface area contributed by atoms with Crippen LogP contribution in [0, 0.1) is 5.41 Å². The molecule has 1 aromatic rings. The molecule has 1 aliphatic rings. The predicted molar refractivity (Wildman–Crippen MR) is 77.6 cm³/mol. The fraction of sp³-hybridized carbons (Fsp3) is 0.500. The van der Waals surface area contributed by atoms with Crippen LogP contribution in [0.3, 0.4) is 0 Å². The summed E-state index contributed by atoms with van der Waals surface area (Å²) in [5.41, 5.74) is -0.757. The average molecular weight is 308 g/mol. The van der Waals surface area contributed by atoms with Crippen molar-refractivity contribution in [3.8, 4) is 11.5 Å². The van der Waals surface area contributed by atoms with E-state index in [4.69, 9.17) is 18.9 Å². The quantitative estimate of drug-likeness (QED) is 0.626. The van der Waals surface area contributed by atoms with Gasteiger partial charge in [-0.15, -0.1) is 0 Å². The first-order valence-electron chi connectivity index (χ1n) is 6.90. The molecule has 0 bridgehead atoms. The van der Waals surface area contributed by atoms with E-state index in [2.05, 4.69) is 0 Å². The summed E-state index contributed by atoms with van der Waals surface area (Å²) in [4.78, 5) is 24.6.